The van der Waals surface area contributed by atoms with Crippen molar-refractivity contribution in [3.63, 3.8) is 0 Å². The van der Waals surface area contributed by atoms with Crippen LogP contribution in [-0.4, -0.2) is 67.5 Å². The number of carbonyl (C=O) groups is 3. The number of benzene rings is 2. The topological polar surface area (TPSA) is 88.2 Å². The number of piperidine rings is 1. The van der Waals surface area contributed by atoms with E-state index in [0.717, 1.165) is 24.1 Å². The lowest BCUT2D eigenvalue weighted by Gasteiger charge is -2.31. The van der Waals surface area contributed by atoms with Crippen molar-refractivity contribution in [3.8, 4) is 0 Å². The molecule has 34 heavy (non-hydrogen) atoms. The molecule has 180 valence electrons. The van der Waals surface area contributed by atoms with Gasteiger partial charge in [0.2, 0.25) is 0 Å². The van der Waals surface area contributed by atoms with Gasteiger partial charge in [0, 0.05) is 49.1 Å². The second-order valence-corrected chi connectivity index (χ2v) is 8.55. The van der Waals surface area contributed by atoms with E-state index in [4.69, 9.17) is 9.47 Å². The predicted octanol–water partition coefficient (Wildman–Crippen LogP) is 3.31. The Hall–Kier alpha value is -3.39. The monoisotopic (exact) mass is 465 g/mol. The maximum atomic E-state index is 13.0. The lowest BCUT2D eigenvalue weighted by Crippen LogP contribution is -2.42. The molecule has 1 N–H and O–H groups in total. The van der Waals surface area contributed by atoms with Gasteiger partial charge in [0.1, 0.15) is 6.17 Å². The van der Waals surface area contributed by atoms with Gasteiger partial charge in [-0.05, 0) is 50.1 Å². The first-order valence-corrected chi connectivity index (χ1v) is 11.7. The Morgan fingerprint density at radius 1 is 1.12 bits per heavy atom. The normalized spacial score (nSPS) is 19.6. The molecule has 2 aromatic rings. The maximum absolute atomic E-state index is 13.0. The van der Waals surface area contributed by atoms with Crippen LogP contribution in [0.3, 0.4) is 0 Å². The molecule has 0 radical (unpaired) electrons. The van der Waals surface area contributed by atoms with Crippen molar-refractivity contribution in [2.45, 2.75) is 25.9 Å². The van der Waals surface area contributed by atoms with Gasteiger partial charge in [-0.2, -0.15) is 0 Å². The number of likely N-dealkylation sites (tertiary alicyclic amines) is 1. The molecule has 2 aliphatic heterocycles. The maximum Gasteiger partial charge on any atom is 0.310 e. The summed E-state index contributed by atoms with van der Waals surface area (Å²) in [4.78, 5) is 41.5. The van der Waals surface area contributed by atoms with Crippen LogP contribution >= 0.6 is 0 Å². The summed E-state index contributed by atoms with van der Waals surface area (Å²) >= 11 is 0. The molecule has 0 spiro atoms. The molecule has 2 heterocycles. The number of methoxy groups -OCH3 is 1. The number of carbonyl (C=O) groups excluding carboxylic acids is 3. The van der Waals surface area contributed by atoms with E-state index in [0.29, 0.717) is 44.0 Å². The molecular formula is C26H31N3O5. The molecule has 2 unspecified atom stereocenters. The molecule has 2 atom stereocenters. The van der Waals surface area contributed by atoms with Gasteiger partial charge in [-0.15, -0.1) is 0 Å². The number of esters is 1. The fourth-order valence-electron chi connectivity index (χ4n) is 4.61. The zero-order chi connectivity index (χ0) is 24.1. The molecule has 8 nitrogen and oxygen atoms in total. The third-order valence-electron chi connectivity index (χ3n) is 6.36. The summed E-state index contributed by atoms with van der Waals surface area (Å²) in [6.45, 7) is 4.05. The van der Waals surface area contributed by atoms with Gasteiger partial charge >= 0.3 is 5.97 Å². The Bertz CT molecular complexity index is 1040. The summed E-state index contributed by atoms with van der Waals surface area (Å²) in [7, 11) is 1.61. The SMILES string of the molecule is CCOC(=O)C1CCCN(C(=O)c2ccc(NC3c4ccccc4C(=O)N3CCOC)cc2)C1. The van der Waals surface area contributed by atoms with E-state index < -0.39 is 0 Å². The van der Waals surface area contributed by atoms with Gasteiger partial charge in [-0.3, -0.25) is 14.4 Å². The zero-order valence-corrected chi connectivity index (χ0v) is 19.7. The number of nitrogens with one attached hydrogen (secondary N) is 1. The minimum Gasteiger partial charge on any atom is -0.466 e. The number of hydrogen-bond acceptors (Lipinski definition) is 6. The second-order valence-electron chi connectivity index (χ2n) is 8.55. The van der Waals surface area contributed by atoms with E-state index in [1.807, 2.05) is 36.4 Å². The van der Waals surface area contributed by atoms with Crippen molar-refractivity contribution in [1.29, 1.82) is 0 Å². The van der Waals surface area contributed by atoms with Crippen molar-refractivity contribution in [3.05, 3.63) is 65.2 Å². The van der Waals surface area contributed by atoms with Crippen LogP contribution in [0, 0.1) is 5.92 Å². The molecule has 2 aromatic carbocycles. The van der Waals surface area contributed by atoms with Crippen molar-refractivity contribution in [2.75, 3.05) is 45.3 Å². The first kappa shape index (κ1) is 23.8. The van der Waals surface area contributed by atoms with E-state index >= 15 is 0 Å². The summed E-state index contributed by atoms with van der Waals surface area (Å²) in [5, 5.41) is 3.43. The lowest BCUT2D eigenvalue weighted by molar-refractivity contribution is -0.149. The van der Waals surface area contributed by atoms with Crippen LogP contribution in [0.4, 0.5) is 5.69 Å². The van der Waals surface area contributed by atoms with E-state index in [9.17, 15) is 14.4 Å². The summed E-state index contributed by atoms with van der Waals surface area (Å²) in [5.41, 5.74) is 2.97. The number of hydrogen-bond donors (Lipinski definition) is 1. The van der Waals surface area contributed by atoms with Crippen molar-refractivity contribution >= 4 is 23.5 Å². The molecule has 0 saturated carbocycles. The van der Waals surface area contributed by atoms with E-state index in [1.54, 1.807) is 36.0 Å². The van der Waals surface area contributed by atoms with Gasteiger partial charge in [-0.1, -0.05) is 18.2 Å². The average molecular weight is 466 g/mol. The quantitative estimate of drug-likeness (QED) is 0.602. The number of fused-ring (bicyclic) bond motifs is 1. The smallest absolute Gasteiger partial charge is 0.310 e. The number of ether oxygens (including phenoxy) is 2. The summed E-state index contributed by atoms with van der Waals surface area (Å²) in [6.07, 6.45) is 1.21. The number of amides is 2. The van der Waals surface area contributed by atoms with Gasteiger partial charge in [0.25, 0.3) is 11.8 Å². The van der Waals surface area contributed by atoms with Gasteiger partial charge in [0.15, 0.2) is 0 Å². The number of anilines is 1. The van der Waals surface area contributed by atoms with E-state index in [1.165, 1.54) is 0 Å². The number of nitrogens with zero attached hydrogens (tertiary/aromatic N) is 2. The van der Waals surface area contributed by atoms with Crippen LogP contribution in [-0.2, 0) is 14.3 Å². The number of rotatable bonds is 8. The van der Waals surface area contributed by atoms with Crippen LogP contribution in [0.2, 0.25) is 0 Å². The standard InChI is InChI=1S/C26H31N3O5/c1-3-34-26(32)19-7-6-14-28(17-19)24(30)18-10-12-20(13-11-18)27-23-21-8-4-5-9-22(21)25(31)29(23)15-16-33-2/h4-5,8-13,19,23,27H,3,6-7,14-17H2,1-2H3. The molecule has 0 aliphatic carbocycles. The van der Waals surface area contributed by atoms with Crippen LogP contribution in [0.15, 0.2) is 48.5 Å². The lowest BCUT2D eigenvalue weighted by atomic mass is 9.97. The molecule has 1 saturated heterocycles. The highest BCUT2D eigenvalue weighted by molar-refractivity contribution is 5.99. The van der Waals surface area contributed by atoms with Crippen molar-refractivity contribution in [2.24, 2.45) is 5.92 Å². The minimum atomic E-state index is -0.312. The van der Waals surface area contributed by atoms with Crippen LogP contribution in [0.1, 0.15) is 52.2 Å². The molecule has 1 fully saturated rings. The fraction of sp³-hybridized carbons (Fsp3) is 0.423. The average Bonchev–Trinajstić information content (AvgIpc) is 3.13. The van der Waals surface area contributed by atoms with E-state index in [2.05, 4.69) is 5.32 Å². The summed E-state index contributed by atoms with van der Waals surface area (Å²) in [6, 6.07) is 14.8. The molecule has 0 bridgehead atoms. The summed E-state index contributed by atoms with van der Waals surface area (Å²) in [5.74, 6) is -0.623. The largest absolute Gasteiger partial charge is 0.466 e. The minimum absolute atomic E-state index is 0.0294. The fourth-order valence-corrected chi connectivity index (χ4v) is 4.61. The van der Waals surface area contributed by atoms with Gasteiger partial charge in [-0.25, -0.2) is 0 Å². The van der Waals surface area contributed by atoms with Crippen LogP contribution in [0.25, 0.3) is 0 Å². The Balaban J connectivity index is 1.45. The van der Waals surface area contributed by atoms with E-state index in [-0.39, 0.29) is 29.9 Å². The highest BCUT2D eigenvalue weighted by Gasteiger charge is 2.36. The first-order valence-electron chi connectivity index (χ1n) is 11.7. The van der Waals surface area contributed by atoms with Crippen LogP contribution < -0.4 is 5.32 Å². The highest BCUT2D eigenvalue weighted by Crippen LogP contribution is 2.34. The molecule has 2 amide bonds. The molecular weight excluding hydrogens is 434 g/mol. The third-order valence-corrected chi connectivity index (χ3v) is 6.36. The van der Waals surface area contributed by atoms with Crippen molar-refractivity contribution in [1.82, 2.24) is 9.80 Å². The van der Waals surface area contributed by atoms with Gasteiger partial charge in [0.05, 0.1) is 19.1 Å². The first-order chi connectivity index (χ1) is 16.5. The predicted molar refractivity (Wildman–Crippen MR) is 127 cm³/mol. The molecule has 4 rings (SSSR count). The van der Waals surface area contributed by atoms with Crippen LogP contribution in [0.5, 0.6) is 0 Å². The Kier molecular flexibility index (Phi) is 7.47. The Labute approximate surface area is 199 Å². The second kappa shape index (κ2) is 10.7. The molecule has 2 aliphatic rings. The molecule has 8 heteroatoms. The molecule has 0 aromatic heterocycles. The van der Waals surface area contributed by atoms with Gasteiger partial charge < -0.3 is 24.6 Å². The Morgan fingerprint density at radius 3 is 2.62 bits per heavy atom. The van der Waals surface area contributed by atoms with Crippen molar-refractivity contribution < 1.29 is 23.9 Å². The Morgan fingerprint density at radius 2 is 1.88 bits per heavy atom. The zero-order valence-electron chi connectivity index (χ0n) is 19.7. The summed E-state index contributed by atoms with van der Waals surface area (Å²) < 4.78 is 10.3. The highest BCUT2D eigenvalue weighted by atomic mass is 16.5. The third kappa shape index (κ3) is 4.92.